The van der Waals surface area contributed by atoms with E-state index in [1.165, 1.54) is 0 Å². The predicted octanol–water partition coefficient (Wildman–Crippen LogP) is 0.868. The summed E-state index contributed by atoms with van der Waals surface area (Å²) in [5.74, 6) is 0. The highest BCUT2D eigenvalue weighted by molar-refractivity contribution is 5.57. The Morgan fingerprint density at radius 2 is 2.38 bits per heavy atom. The van der Waals surface area contributed by atoms with Gasteiger partial charge in [-0.25, -0.2) is 0 Å². The fraction of sp³-hybridized carbons (Fsp3) is 0.500. The van der Waals surface area contributed by atoms with Gasteiger partial charge in [0.2, 0.25) is 0 Å². The van der Waals surface area contributed by atoms with E-state index in [2.05, 4.69) is 10.3 Å². The highest BCUT2D eigenvalue weighted by Crippen LogP contribution is 2.00. The molecule has 0 unspecified atom stereocenters. The van der Waals surface area contributed by atoms with Crippen LogP contribution in [0.5, 0.6) is 0 Å². The van der Waals surface area contributed by atoms with Gasteiger partial charge in [0.25, 0.3) is 0 Å². The van der Waals surface area contributed by atoms with Crippen molar-refractivity contribution in [2.24, 2.45) is 5.73 Å². The van der Waals surface area contributed by atoms with Crippen molar-refractivity contribution in [2.75, 3.05) is 6.54 Å². The quantitative estimate of drug-likeness (QED) is 0.505. The topological polar surface area (TPSA) is 68.0 Å². The Morgan fingerprint density at radius 1 is 1.50 bits per heavy atom. The summed E-state index contributed by atoms with van der Waals surface area (Å²) in [6.45, 7) is 1.37. The van der Waals surface area contributed by atoms with E-state index in [4.69, 9.17) is 5.73 Å². The van der Waals surface area contributed by atoms with Gasteiger partial charge in [0, 0.05) is 18.9 Å². The minimum atomic E-state index is -0.0771. The molecule has 0 aromatic carbocycles. The van der Waals surface area contributed by atoms with E-state index >= 15 is 0 Å². The van der Waals surface area contributed by atoms with E-state index in [-0.39, 0.29) is 6.04 Å². The average Bonchev–Trinajstić information content (AvgIpc) is 2.35. The van der Waals surface area contributed by atoms with Gasteiger partial charge in [-0.2, -0.15) is 0 Å². The van der Waals surface area contributed by atoms with Crippen LogP contribution in [0.4, 0.5) is 0 Å². The van der Waals surface area contributed by atoms with E-state index in [1.807, 2.05) is 12.1 Å². The molecule has 0 aliphatic rings. The van der Waals surface area contributed by atoms with Crippen LogP contribution in [0.15, 0.2) is 24.5 Å². The van der Waals surface area contributed by atoms with Crippen molar-refractivity contribution in [3.63, 3.8) is 0 Å². The molecule has 0 spiro atoms. The van der Waals surface area contributed by atoms with Gasteiger partial charge in [-0.1, -0.05) is 12.5 Å². The van der Waals surface area contributed by atoms with E-state index in [9.17, 15) is 4.79 Å². The molecule has 3 N–H and O–H groups in total. The van der Waals surface area contributed by atoms with Crippen molar-refractivity contribution in [3.05, 3.63) is 30.1 Å². The molecule has 0 saturated carbocycles. The smallest absolute Gasteiger partial charge is 0.136 e. The van der Waals surface area contributed by atoms with Gasteiger partial charge in [-0.3, -0.25) is 4.98 Å². The lowest BCUT2D eigenvalue weighted by Gasteiger charge is -2.11. The fourth-order valence-corrected chi connectivity index (χ4v) is 1.48. The number of unbranched alkanes of at least 4 members (excludes halogenated alkanes) is 1. The molecule has 4 heteroatoms. The number of nitrogens with one attached hydrogen (secondary N) is 1. The molecule has 0 saturated heterocycles. The Morgan fingerprint density at radius 3 is 3.00 bits per heavy atom. The first-order valence-electron chi connectivity index (χ1n) is 5.64. The zero-order chi connectivity index (χ0) is 11.6. The molecule has 16 heavy (non-hydrogen) atoms. The maximum Gasteiger partial charge on any atom is 0.136 e. The van der Waals surface area contributed by atoms with Crippen LogP contribution in [-0.2, 0) is 11.3 Å². The van der Waals surface area contributed by atoms with Crippen molar-refractivity contribution in [2.45, 2.75) is 31.8 Å². The summed E-state index contributed by atoms with van der Waals surface area (Å²) in [6, 6.07) is 3.80. The summed E-state index contributed by atoms with van der Waals surface area (Å²) in [5, 5.41) is 3.20. The van der Waals surface area contributed by atoms with Crippen LogP contribution >= 0.6 is 0 Å². The zero-order valence-electron chi connectivity index (χ0n) is 9.43. The number of aromatic nitrogens is 1. The highest BCUT2D eigenvalue weighted by Gasteiger charge is 2.05. The van der Waals surface area contributed by atoms with Crippen molar-refractivity contribution in [1.82, 2.24) is 10.3 Å². The SMILES string of the molecule is NCCCC[C@@H](C=O)NCc1cccnc1. The minimum absolute atomic E-state index is 0.0771. The number of carbonyl (C=O) groups excluding carboxylic acids is 1. The second-order valence-electron chi connectivity index (χ2n) is 3.77. The number of carbonyl (C=O) groups is 1. The van der Waals surface area contributed by atoms with Gasteiger partial charge in [-0.15, -0.1) is 0 Å². The normalized spacial score (nSPS) is 12.3. The van der Waals surface area contributed by atoms with Crippen LogP contribution in [0.25, 0.3) is 0 Å². The highest BCUT2D eigenvalue weighted by atomic mass is 16.1. The molecule has 1 rings (SSSR count). The lowest BCUT2D eigenvalue weighted by atomic mass is 10.1. The van der Waals surface area contributed by atoms with Crippen LogP contribution in [0.2, 0.25) is 0 Å². The third-order valence-corrected chi connectivity index (χ3v) is 2.42. The van der Waals surface area contributed by atoms with Crippen LogP contribution in [0.1, 0.15) is 24.8 Å². The molecule has 0 fully saturated rings. The van der Waals surface area contributed by atoms with Gasteiger partial charge >= 0.3 is 0 Å². The van der Waals surface area contributed by atoms with Gasteiger partial charge in [0.05, 0.1) is 6.04 Å². The molecule has 88 valence electrons. The van der Waals surface area contributed by atoms with E-state index in [0.29, 0.717) is 13.1 Å². The lowest BCUT2D eigenvalue weighted by molar-refractivity contribution is -0.109. The zero-order valence-corrected chi connectivity index (χ0v) is 9.43. The van der Waals surface area contributed by atoms with Crippen LogP contribution < -0.4 is 11.1 Å². The Hall–Kier alpha value is -1.26. The molecule has 0 bridgehead atoms. The summed E-state index contributed by atoms with van der Waals surface area (Å²) in [6.07, 6.45) is 7.31. The molecule has 1 aromatic rings. The Bertz CT molecular complexity index is 290. The molecule has 1 aromatic heterocycles. The second-order valence-corrected chi connectivity index (χ2v) is 3.77. The van der Waals surface area contributed by atoms with Gasteiger partial charge in [-0.05, 0) is 31.0 Å². The van der Waals surface area contributed by atoms with Gasteiger partial charge < -0.3 is 15.8 Å². The van der Waals surface area contributed by atoms with Crippen molar-refractivity contribution in [3.8, 4) is 0 Å². The molecule has 0 radical (unpaired) electrons. The lowest BCUT2D eigenvalue weighted by Crippen LogP contribution is -2.30. The number of nitrogens with two attached hydrogens (primary N) is 1. The predicted molar refractivity (Wildman–Crippen MR) is 63.8 cm³/mol. The Balaban J connectivity index is 2.26. The molecule has 4 nitrogen and oxygen atoms in total. The summed E-state index contributed by atoms with van der Waals surface area (Å²) >= 11 is 0. The molecular formula is C12H19N3O. The summed E-state index contributed by atoms with van der Waals surface area (Å²) < 4.78 is 0. The molecule has 1 atom stereocenters. The van der Waals surface area contributed by atoms with Crippen LogP contribution in [0, 0.1) is 0 Å². The van der Waals surface area contributed by atoms with E-state index in [0.717, 1.165) is 31.1 Å². The summed E-state index contributed by atoms with van der Waals surface area (Å²) in [4.78, 5) is 14.8. The van der Waals surface area contributed by atoms with Crippen molar-refractivity contribution < 1.29 is 4.79 Å². The first kappa shape index (κ1) is 12.8. The first-order valence-corrected chi connectivity index (χ1v) is 5.64. The van der Waals surface area contributed by atoms with Crippen LogP contribution in [-0.4, -0.2) is 23.9 Å². The standard InChI is InChI=1S/C12H19N3O/c13-6-2-1-5-12(10-16)15-9-11-4-3-7-14-8-11/h3-4,7-8,10,12,15H,1-2,5-6,9,13H2/t12-/m0/s1. The van der Waals surface area contributed by atoms with Crippen molar-refractivity contribution >= 4 is 6.29 Å². The number of aldehydes is 1. The summed E-state index contributed by atoms with van der Waals surface area (Å²) in [5.41, 5.74) is 6.50. The second kappa shape index (κ2) is 7.96. The number of pyridine rings is 1. The molecule has 0 aliphatic carbocycles. The van der Waals surface area contributed by atoms with E-state index < -0.39 is 0 Å². The average molecular weight is 221 g/mol. The molecule has 1 heterocycles. The third-order valence-electron chi connectivity index (χ3n) is 2.42. The number of rotatable bonds is 8. The van der Waals surface area contributed by atoms with Gasteiger partial charge in [0.15, 0.2) is 0 Å². The number of hydrogen-bond acceptors (Lipinski definition) is 4. The monoisotopic (exact) mass is 221 g/mol. The number of nitrogens with zero attached hydrogens (tertiary/aromatic N) is 1. The van der Waals surface area contributed by atoms with Crippen LogP contribution in [0.3, 0.4) is 0 Å². The Kier molecular flexibility index (Phi) is 6.37. The molecule has 0 aliphatic heterocycles. The molecule has 0 amide bonds. The molecular weight excluding hydrogens is 202 g/mol. The Labute approximate surface area is 96.3 Å². The first-order chi connectivity index (χ1) is 7.86. The van der Waals surface area contributed by atoms with E-state index in [1.54, 1.807) is 12.4 Å². The van der Waals surface area contributed by atoms with Gasteiger partial charge in [0.1, 0.15) is 6.29 Å². The minimum Gasteiger partial charge on any atom is -0.330 e. The third kappa shape index (κ3) is 5.00. The summed E-state index contributed by atoms with van der Waals surface area (Å²) in [7, 11) is 0. The fourth-order valence-electron chi connectivity index (χ4n) is 1.48. The largest absolute Gasteiger partial charge is 0.330 e. The maximum absolute atomic E-state index is 10.8. The maximum atomic E-state index is 10.8. The van der Waals surface area contributed by atoms with Crippen molar-refractivity contribution in [1.29, 1.82) is 0 Å². The number of hydrogen-bond donors (Lipinski definition) is 2.